The molecular weight excluding hydrogens is 436 g/mol. The van der Waals surface area contributed by atoms with Crippen molar-refractivity contribution >= 4 is 20.0 Å². The number of hydrogen-bond donors (Lipinski definition) is 2. The van der Waals surface area contributed by atoms with E-state index in [1.165, 1.54) is 0 Å². The molecule has 8 nitrogen and oxygen atoms in total. The van der Waals surface area contributed by atoms with Crippen molar-refractivity contribution in [3.05, 3.63) is 0 Å². The van der Waals surface area contributed by atoms with Crippen LogP contribution in [0.15, 0.2) is 0 Å². The van der Waals surface area contributed by atoms with Gasteiger partial charge in [0, 0.05) is 25.9 Å². The predicted molar refractivity (Wildman–Crippen MR) is 124 cm³/mol. The topological polar surface area (TPSA) is 140 Å². The summed E-state index contributed by atoms with van der Waals surface area (Å²) in [5.74, 6) is 0. The van der Waals surface area contributed by atoms with Gasteiger partial charge in [0.25, 0.3) is 0 Å². The summed E-state index contributed by atoms with van der Waals surface area (Å²) in [7, 11) is -7.73. The first-order valence-electron chi connectivity index (χ1n) is 11.5. The number of hydrogen-bond acceptors (Lipinski definition) is 6. The number of nitriles is 2. The van der Waals surface area contributed by atoms with E-state index in [4.69, 9.17) is 10.5 Å². The molecule has 0 fully saturated rings. The maximum absolute atomic E-state index is 12.0. The van der Waals surface area contributed by atoms with Crippen LogP contribution in [0.1, 0.15) is 103 Å². The Hall–Kier alpha value is -1.20. The van der Waals surface area contributed by atoms with Crippen LogP contribution in [-0.2, 0) is 20.0 Å². The average molecular weight is 477 g/mol. The zero-order valence-electron chi connectivity index (χ0n) is 18.8. The SMILES string of the molecule is N#CCCCCCCCCCNS(=O)(=O)CS(=O)(=O)NCCCCCCCCCC#N. The van der Waals surface area contributed by atoms with Crippen LogP contribution in [0.5, 0.6) is 0 Å². The Kier molecular flexibility index (Phi) is 18.7. The molecule has 0 saturated carbocycles. The van der Waals surface area contributed by atoms with E-state index in [0.29, 0.717) is 25.7 Å². The summed E-state index contributed by atoms with van der Waals surface area (Å²) >= 11 is 0. The van der Waals surface area contributed by atoms with E-state index >= 15 is 0 Å². The molecule has 0 heterocycles. The van der Waals surface area contributed by atoms with E-state index in [1.807, 2.05) is 0 Å². The highest BCUT2D eigenvalue weighted by Crippen LogP contribution is 2.09. The molecule has 31 heavy (non-hydrogen) atoms. The lowest BCUT2D eigenvalue weighted by Gasteiger charge is -2.09. The second kappa shape index (κ2) is 19.5. The van der Waals surface area contributed by atoms with Crippen LogP contribution in [0.25, 0.3) is 0 Å². The molecule has 0 aromatic carbocycles. The molecule has 0 atom stereocenters. The van der Waals surface area contributed by atoms with E-state index < -0.39 is 25.1 Å². The summed E-state index contributed by atoms with van der Waals surface area (Å²) in [5, 5.41) is 16.0. The number of nitrogens with one attached hydrogen (secondary N) is 2. The first kappa shape index (κ1) is 29.8. The molecule has 0 aliphatic rings. The van der Waals surface area contributed by atoms with Crippen molar-refractivity contribution in [2.75, 3.05) is 18.2 Å². The van der Waals surface area contributed by atoms with E-state index in [-0.39, 0.29) is 13.1 Å². The van der Waals surface area contributed by atoms with Gasteiger partial charge in [-0.15, -0.1) is 0 Å². The Morgan fingerprint density at radius 2 is 0.774 bits per heavy atom. The Morgan fingerprint density at radius 3 is 1.10 bits per heavy atom. The van der Waals surface area contributed by atoms with Gasteiger partial charge in [0.05, 0.1) is 12.1 Å². The molecule has 0 rings (SSSR count). The van der Waals surface area contributed by atoms with Gasteiger partial charge in [-0.25, -0.2) is 26.3 Å². The van der Waals surface area contributed by atoms with Crippen molar-refractivity contribution in [1.82, 2.24) is 9.44 Å². The Balaban J connectivity index is 3.73. The molecule has 0 aromatic rings. The summed E-state index contributed by atoms with van der Waals surface area (Å²) in [5.41, 5.74) is 0. The minimum Gasteiger partial charge on any atom is -0.214 e. The van der Waals surface area contributed by atoms with E-state index in [0.717, 1.165) is 77.0 Å². The lowest BCUT2D eigenvalue weighted by atomic mass is 10.1. The third kappa shape index (κ3) is 21.8. The maximum atomic E-state index is 12.0. The Bertz CT molecular complexity index is 663. The van der Waals surface area contributed by atoms with Crippen LogP contribution in [0.4, 0.5) is 0 Å². The smallest absolute Gasteiger partial charge is 0.214 e. The maximum Gasteiger partial charge on any atom is 0.227 e. The van der Waals surface area contributed by atoms with Crippen LogP contribution in [0, 0.1) is 22.7 Å². The minimum atomic E-state index is -3.86. The third-order valence-electron chi connectivity index (χ3n) is 4.88. The molecule has 0 radical (unpaired) electrons. The van der Waals surface area contributed by atoms with Crippen LogP contribution in [0.3, 0.4) is 0 Å². The van der Waals surface area contributed by atoms with Gasteiger partial charge in [-0.1, -0.05) is 64.2 Å². The number of sulfonamides is 2. The number of unbranched alkanes of at least 4 members (excludes halogenated alkanes) is 14. The molecule has 0 spiro atoms. The molecule has 0 saturated heterocycles. The fraction of sp³-hybridized carbons (Fsp3) is 0.905. The Labute approximate surface area is 189 Å². The van der Waals surface area contributed by atoms with Crippen LogP contribution in [0.2, 0.25) is 0 Å². The van der Waals surface area contributed by atoms with Crippen LogP contribution < -0.4 is 9.44 Å². The van der Waals surface area contributed by atoms with Gasteiger partial charge in [-0.2, -0.15) is 10.5 Å². The third-order valence-corrected chi connectivity index (χ3v) is 8.66. The van der Waals surface area contributed by atoms with Crippen LogP contribution in [-0.4, -0.2) is 35.0 Å². The highest BCUT2D eigenvalue weighted by molar-refractivity contribution is 8.06. The van der Waals surface area contributed by atoms with Crippen molar-refractivity contribution < 1.29 is 16.8 Å². The van der Waals surface area contributed by atoms with Crippen molar-refractivity contribution in [1.29, 1.82) is 10.5 Å². The second-order valence-corrected chi connectivity index (χ2v) is 11.9. The molecule has 0 bridgehead atoms. The quantitative estimate of drug-likeness (QED) is 0.226. The zero-order valence-corrected chi connectivity index (χ0v) is 20.4. The van der Waals surface area contributed by atoms with Gasteiger partial charge in [0.2, 0.25) is 20.0 Å². The van der Waals surface area contributed by atoms with E-state index in [1.54, 1.807) is 0 Å². The average Bonchev–Trinajstić information content (AvgIpc) is 2.70. The lowest BCUT2D eigenvalue weighted by molar-refractivity contribution is 0.556. The highest BCUT2D eigenvalue weighted by Gasteiger charge is 2.21. The zero-order chi connectivity index (χ0) is 23.3. The second-order valence-electron chi connectivity index (χ2n) is 7.90. The van der Waals surface area contributed by atoms with Gasteiger partial charge in [-0.3, -0.25) is 0 Å². The van der Waals surface area contributed by atoms with E-state index in [9.17, 15) is 16.8 Å². The summed E-state index contributed by atoms with van der Waals surface area (Å²) in [6.07, 6.45) is 14.6. The Morgan fingerprint density at radius 1 is 0.484 bits per heavy atom. The van der Waals surface area contributed by atoms with Crippen molar-refractivity contribution in [3.63, 3.8) is 0 Å². The number of rotatable bonds is 22. The van der Waals surface area contributed by atoms with Gasteiger partial charge < -0.3 is 0 Å². The van der Waals surface area contributed by atoms with Crippen molar-refractivity contribution in [3.8, 4) is 12.1 Å². The number of nitrogens with zero attached hydrogens (tertiary/aromatic N) is 2. The van der Waals surface area contributed by atoms with Gasteiger partial charge in [0.1, 0.15) is 0 Å². The van der Waals surface area contributed by atoms with Gasteiger partial charge in [0.15, 0.2) is 5.08 Å². The van der Waals surface area contributed by atoms with Crippen LogP contribution >= 0.6 is 0 Å². The molecular formula is C21H40N4O4S2. The molecule has 0 amide bonds. The monoisotopic (exact) mass is 476 g/mol. The van der Waals surface area contributed by atoms with Gasteiger partial charge >= 0.3 is 0 Å². The standard InChI is InChI=1S/C21H40N4O4S2/c22-17-13-9-5-1-3-7-11-15-19-24-30(26,27)21-31(28,29)25-20-16-12-8-4-2-6-10-14-18-23/h24-25H,1-16,19-21H2. The van der Waals surface area contributed by atoms with E-state index in [2.05, 4.69) is 21.6 Å². The fourth-order valence-corrected chi connectivity index (χ4v) is 6.38. The first-order valence-corrected chi connectivity index (χ1v) is 14.8. The largest absolute Gasteiger partial charge is 0.227 e. The summed E-state index contributed by atoms with van der Waals surface area (Å²) in [6.45, 7) is 0.501. The molecule has 0 aliphatic heterocycles. The van der Waals surface area contributed by atoms with Gasteiger partial charge in [-0.05, 0) is 25.7 Å². The fourth-order valence-electron chi connectivity index (χ4n) is 3.17. The summed E-state index contributed by atoms with van der Waals surface area (Å²) in [4.78, 5) is 0. The molecule has 180 valence electrons. The lowest BCUT2D eigenvalue weighted by Crippen LogP contribution is -2.36. The molecule has 10 heteroatoms. The van der Waals surface area contributed by atoms with Crippen molar-refractivity contribution in [2.24, 2.45) is 0 Å². The molecule has 2 N–H and O–H groups in total. The highest BCUT2D eigenvalue weighted by atomic mass is 32.3. The van der Waals surface area contributed by atoms with Crippen molar-refractivity contribution in [2.45, 2.75) is 103 Å². The molecule has 0 aliphatic carbocycles. The first-order chi connectivity index (χ1) is 14.8. The predicted octanol–water partition coefficient (Wildman–Crippen LogP) is 4.07. The summed E-state index contributed by atoms with van der Waals surface area (Å²) < 4.78 is 52.7. The molecule has 0 aromatic heterocycles. The molecule has 0 unspecified atom stereocenters. The minimum absolute atomic E-state index is 0.251. The summed E-state index contributed by atoms with van der Waals surface area (Å²) in [6, 6.07) is 4.25. The normalized spacial score (nSPS) is 11.8.